The molecule has 2 aromatic heterocycles. The molecule has 0 amide bonds. The number of aromatic nitrogens is 4. The largest absolute Gasteiger partial charge is 0.389 e. The van der Waals surface area contributed by atoms with Crippen LogP contribution >= 0.6 is 0 Å². The van der Waals surface area contributed by atoms with Crippen LogP contribution in [0, 0.1) is 6.92 Å². The van der Waals surface area contributed by atoms with Gasteiger partial charge in [-0.3, -0.25) is 4.68 Å². The molecule has 0 spiro atoms. The van der Waals surface area contributed by atoms with E-state index in [-0.39, 0.29) is 11.3 Å². The highest BCUT2D eigenvalue weighted by Crippen LogP contribution is 2.26. The summed E-state index contributed by atoms with van der Waals surface area (Å²) in [6.45, 7) is 8.56. The minimum atomic E-state index is -3.24. The van der Waals surface area contributed by atoms with E-state index >= 15 is 0 Å². The van der Waals surface area contributed by atoms with Gasteiger partial charge < -0.3 is 15.3 Å². The van der Waals surface area contributed by atoms with Crippen LogP contribution in [0.4, 0.5) is 5.95 Å². The number of rotatable bonds is 7. The van der Waals surface area contributed by atoms with Gasteiger partial charge in [-0.05, 0) is 72.2 Å². The zero-order valence-corrected chi connectivity index (χ0v) is 21.4. The van der Waals surface area contributed by atoms with Crippen molar-refractivity contribution in [2.24, 2.45) is 0 Å². The van der Waals surface area contributed by atoms with Crippen LogP contribution in [-0.2, 0) is 16.6 Å². The Morgan fingerprint density at radius 2 is 1.79 bits per heavy atom. The second-order valence-electron chi connectivity index (χ2n) is 10.3. The summed E-state index contributed by atoms with van der Waals surface area (Å²) in [7, 11) is -1.20. The molecule has 10 nitrogen and oxygen atoms in total. The van der Waals surface area contributed by atoms with E-state index in [2.05, 4.69) is 20.3 Å². The second kappa shape index (κ2) is 9.88. The smallest absolute Gasteiger partial charge is 0.223 e. The predicted molar refractivity (Wildman–Crippen MR) is 132 cm³/mol. The minimum Gasteiger partial charge on any atom is -0.389 e. The summed E-state index contributed by atoms with van der Waals surface area (Å²) in [5, 5.41) is 17.5. The minimum absolute atomic E-state index is 0.123. The first-order valence-electron chi connectivity index (χ1n) is 12.0. The Kier molecular flexibility index (Phi) is 7.28. The van der Waals surface area contributed by atoms with E-state index in [1.165, 1.54) is 0 Å². The molecule has 4 heterocycles. The average molecular weight is 492 g/mol. The van der Waals surface area contributed by atoms with Gasteiger partial charge in [0.15, 0.2) is 0 Å². The summed E-state index contributed by atoms with van der Waals surface area (Å²) >= 11 is 0. The van der Waals surface area contributed by atoms with Gasteiger partial charge in [0.25, 0.3) is 0 Å². The first kappa shape index (κ1) is 25.0. The van der Waals surface area contributed by atoms with E-state index in [1.54, 1.807) is 35.2 Å². The molecule has 0 saturated carbocycles. The number of nitrogens with zero attached hydrogens (tertiary/aromatic N) is 6. The van der Waals surface area contributed by atoms with Crippen molar-refractivity contribution in [2.45, 2.75) is 69.9 Å². The maximum atomic E-state index is 13.1. The highest BCUT2D eigenvalue weighted by Gasteiger charge is 2.36. The number of anilines is 1. The molecule has 2 N–H and O–H groups in total. The number of likely N-dealkylation sites (tertiary alicyclic amines) is 1. The summed E-state index contributed by atoms with van der Waals surface area (Å²) in [5.41, 5.74) is 1.74. The number of aliphatic hydroxyl groups is 1. The predicted octanol–water partition coefficient (Wildman–Crippen LogP) is 1.72. The molecule has 4 rings (SSSR count). The zero-order chi connectivity index (χ0) is 24.5. The summed E-state index contributed by atoms with van der Waals surface area (Å²) < 4.78 is 29.6. The molecule has 0 bridgehead atoms. The van der Waals surface area contributed by atoms with E-state index in [4.69, 9.17) is 4.98 Å². The molecule has 0 unspecified atom stereocenters. The van der Waals surface area contributed by atoms with E-state index in [0.717, 1.165) is 42.8 Å². The standard InChI is InChI=1S/C23H37N7O3S/c1-17-13-24-22(27-21(17)18-14-25-29(15-18)16-23(2,3)31)26-19-5-11-30(12-6-19)34(32,33)20-7-9-28(4)10-8-20/h13-15,19-20,31H,5-12,16H2,1-4H3,(H,24,26,27). The van der Waals surface area contributed by atoms with Crippen molar-refractivity contribution in [3.63, 3.8) is 0 Å². The van der Waals surface area contributed by atoms with Crippen LogP contribution in [0.15, 0.2) is 18.6 Å². The van der Waals surface area contributed by atoms with Gasteiger partial charge in [0.1, 0.15) is 0 Å². The summed E-state index contributed by atoms with van der Waals surface area (Å²) in [5.74, 6) is 0.535. The fourth-order valence-corrected chi connectivity index (χ4v) is 6.65. The Labute approximate surface area is 202 Å². The molecular formula is C23H37N7O3S. The Bertz CT molecular complexity index is 1080. The third-order valence-corrected chi connectivity index (χ3v) is 9.06. The molecule has 0 aliphatic carbocycles. The fraction of sp³-hybridized carbons (Fsp3) is 0.696. The van der Waals surface area contributed by atoms with Crippen molar-refractivity contribution in [3.8, 4) is 11.3 Å². The van der Waals surface area contributed by atoms with Gasteiger partial charge in [-0.25, -0.2) is 22.7 Å². The molecule has 0 aromatic carbocycles. The number of nitrogens with one attached hydrogen (secondary N) is 1. The monoisotopic (exact) mass is 491 g/mol. The molecule has 0 atom stereocenters. The Balaban J connectivity index is 1.37. The van der Waals surface area contributed by atoms with Crippen molar-refractivity contribution in [2.75, 3.05) is 38.5 Å². The van der Waals surface area contributed by atoms with Crippen molar-refractivity contribution in [1.29, 1.82) is 0 Å². The Morgan fingerprint density at radius 3 is 2.44 bits per heavy atom. The maximum Gasteiger partial charge on any atom is 0.223 e. The lowest BCUT2D eigenvalue weighted by molar-refractivity contribution is 0.0577. The van der Waals surface area contributed by atoms with Crippen LogP contribution in [0.1, 0.15) is 45.1 Å². The number of hydrogen-bond acceptors (Lipinski definition) is 8. The lowest BCUT2D eigenvalue weighted by Gasteiger charge is -2.36. The Morgan fingerprint density at radius 1 is 1.12 bits per heavy atom. The van der Waals surface area contributed by atoms with Gasteiger partial charge in [0.2, 0.25) is 16.0 Å². The van der Waals surface area contributed by atoms with Crippen LogP contribution in [0.2, 0.25) is 0 Å². The van der Waals surface area contributed by atoms with Gasteiger partial charge in [-0.15, -0.1) is 0 Å². The van der Waals surface area contributed by atoms with Gasteiger partial charge in [0.05, 0.1) is 29.3 Å². The van der Waals surface area contributed by atoms with Crippen LogP contribution in [-0.4, -0.2) is 92.6 Å². The molecule has 2 aliphatic rings. The van der Waals surface area contributed by atoms with Gasteiger partial charge in [-0.2, -0.15) is 5.10 Å². The third kappa shape index (κ3) is 5.94. The van der Waals surface area contributed by atoms with Gasteiger partial charge in [0, 0.05) is 37.1 Å². The first-order valence-corrected chi connectivity index (χ1v) is 13.5. The van der Waals surface area contributed by atoms with Gasteiger partial charge in [-0.1, -0.05) is 0 Å². The quantitative estimate of drug-likeness (QED) is 0.601. The highest BCUT2D eigenvalue weighted by atomic mass is 32.2. The van der Waals surface area contributed by atoms with E-state index < -0.39 is 15.6 Å². The van der Waals surface area contributed by atoms with Crippen molar-refractivity contribution in [3.05, 3.63) is 24.2 Å². The number of piperidine rings is 2. The summed E-state index contributed by atoms with van der Waals surface area (Å²) in [4.78, 5) is 11.4. The molecule has 2 fully saturated rings. The molecule has 2 aliphatic heterocycles. The van der Waals surface area contributed by atoms with Crippen molar-refractivity contribution in [1.82, 2.24) is 29.0 Å². The Hall–Kier alpha value is -2.08. The molecule has 34 heavy (non-hydrogen) atoms. The number of hydrogen-bond donors (Lipinski definition) is 2. The van der Waals surface area contributed by atoms with Crippen molar-refractivity contribution >= 4 is 16.0 Å². The maximum absolute atomic E-state index is 13.1. The second-order valence-corrected chi connectivity index (χ2v) is 12.5. The van der Waals surface area contributed by atoms with E-state index in [0.29, 0.717) is 38.4 Å². The zero-order valence-electron chi connectivity index (χ0n) is 20.6. The number of sulfonamides is 1. The van der Waals surface area contributed by atoms with Crippen LogP contribution in [0.3, 0.4) is 0 Å². The van der Waals surface area contributed by atoms with Gasteiger partial charge >= 0.3 is 0 Å². The average Bonchev–Trinajstić information content (AvgIpc) is 3.22. The van der Waals surface area contributed by atoms with Crippen LogP contribution in [0.25, 0.3) is 11.3 Å². The van der Waals surface area contributed by atoms with Crippen molar-refractivity contribution < 1.29 is 13.5 Å². The normalized spacial score (nSPS) is 20.0. The SMILES string of the molecule is Cc1cnc(NC2CCN(S(=O)(=O)C3CCN(C)CC3)CC2)nc1-c1cnn(CC(C)(C)O)c1. The lowest BCUT2D eigenvalue weighted by Crippen LogP contribution is -2.48. The van der Waals surface area contributed by atoms with Crippen LogP contribution in [0.5, 0.6) is 0 Å². The fourth-order valence-electron chi connectivity index (χ4n) is 4.70. The molecule has 188 valence electrons. The van der Waals surface area contributed by atoms with E-state index in [1.807, 2.05) is 20.2 Å². The van der Waals surface area contributed by atoms with E-state index in [9.17, 15) is 13.5 Å². The molecular weight excluding hydrogens is 454 g/mol. The molecule has 11 heteroatoms. The first-order chi connectivity index (χ1) is 16.0. The van der Waals surface area contributed by atoms with Crippen LogP contribution < -0.4 is 5.32 Å². The topological polar surface area (TPSA) is 116 Å². The molecule has 2 aromatic rings. The highest BCUT2D eigenvalue weighted by molar-refractivity contribution is 7.89. The molecule has 2 saturated heterocycles. The summed E-state index contributed by atoms with van der Waals surface area (Å²) in [6, 6.07) is 0.123. The third-order valence-electron chi connectivity index (χ3n) is 6.66. The summed E-state index contributed by atoms with van der Waals surface area (Å²) in [6.07, 6.45) is 8.29. The number of aryl methyl sites for hydroxylation is 1. The molecule has 0 radical (unpaired) electrons. The lowest BCUT2D eigenvalue weighted by atomic mass is 10.1.